The molecular weight excluding hydrogens is 318 g/mol. The summed E-state index contributed by atoms with van der Waals surface area (Å²) in [4.78, 5) is 13.0. The van der Waals surface area contributed by atoms with Gasteiger partial charge in [0.2, 0.25) is 5.91 Å². The SMILES string of the molecule is O=C(N[C@@H]1CCC[C@@H]2OCC[C@H]21)[C@@H](Cc1ccccc1)n1cnnn1. The number of fused-ring (bicyclic) bond motifs is 1. The second-order valence-corrected chi connectivity index (χ2v) is 6.90. The maximum atomic E-state index is 13.0. The highest BCUT2D eigenvalue weighted by Crippen LogP contribution is 2.34. The van der Waals surface area contributed by atoms with Crippen molar-refractivity contribution in [3.63, 3.8) is 0 Å². The Morgan fingerprint density at radius 2 is 2.16 bits per heavy atom. The monoisotopic (exact) mass is 341 g/mol. The molecule has 1 amide bonds. The Hall–Kier alpha value is -2.28. The number of carbonyl (C=O) groups excluding carboxylic acids is 1. The van der Waals surface area contributed by atoms with E-state index in [0.717, 1.165) is 37.9 Å². The van der Waals surface area contributed by atoms with E-state index in [0.29, 0.717) is 18.4 Å². The molecule has 0 unspecified atom stereocenters. The number of ether oxygens (including phenoxy) is 1. The van der Waals surface area contributed by atoms with Crippen molar-refractivity contribution in [2.45, 2.75) is 50.3 Å². The second-order valence-electron chi connectivity index (χ2n) is 6.90. The van der Waals surface area contributed by atoms with Crippen LogP contribution in [0.25, 0.3) is 0 Å². The Labute approximate surface area is 146 Å². The number of benzene rings is 1. The van der Waals surface area contributed by atoms with Gasteiger partial charge in [-0.3, -0.25) is 4.79 Å². The molecule has 7 heteroatoms. The van der Waals surface area contributed by atoms with Gasteiger partial charge in [-0.1, -0.05) is 30.3 Å². The highest BCUT2D eigenvalue weighted by Gasteiger charge is 2.39. The summed E-state index contributed by atoms with van der Waals surface area (Å²) in [6, 6.07) is 9.70. The lowest BCUT2D eigenvalue weighted by atomic mass is 9.81. The van der Waals surface area contributed by atoms with Gasteiger partial charge in [0.25, 0.3) is 0 Å². The maximum Gasteiger partial charge on any atom is 0.245 e. The topological polar surface area (TPSA) is 81.9 Å². The van der Waals surface area contributed by atoms with Gasteiger partial charge in [-0.15, -0.1) is 5.10 Å². The third-order valence-electron chi connectivity index (χ3n) is 5.37. The summed E-state index contributed by atoms with van der Waals surface area (Å²) < 4.78 is 7.36. The fourth-order valence-corrected chi connectivity index (χ4v) is 4.09. The zero-order chi connectivity index (χ0) is 17.1. The average molecular weight is 341 g/mol. The lowest BCUT2D eigenvalue weighted by Gasteiger charge is -2.34. The highest BCUT2D eigenvalue weighted by molar-refractivity contribution is 5.80. The zero-order valence-electron chi connectivity index (χ0n) is 14.1. The molecule has 2 aromatic rings. The van der Waals surface area contributed by atoms with Gasteiger partial charge >= 0.3 is 0 Å². The normalized spacial score (nSPS) is 26.8. The van der Waals surface area contributed by atoms with Crippen LogP contribution in [-0.4, -0.2) is 44.9 Å². The number of aromatic nitrogens is 4. The van der Waals surface area contributed by atoms with Crippen molar-refractivity contribution >= 4 is 5.91 Å². The lowest BCUT2D eigenvalue weighted by molar-refractivity contribution is -0.126. The molecule has 1 saturated heterocycles. The average Bonchev–Trinajstić information content (AvgIpc) is 3.32. The molecule has 25 heavy (non-hydrogen) atoms. The van der Waals surface area contributed by atoms with E-state index in [9.17, 15) is 4.79 Å². The first-order chi connectivity index (χ1) is 12.3. The standard InChI is InChI=1S/C18H23N5O2/c24-18(20-15-7-4-8-17-14(15)9-10-25-17)16(23-12-19-21-22-23)11-13-5-2-1-3-6-13/h1-3,5-6,12,14-17H,4,7-11H2,(H,20,24)/t14-,15+,16+,17-/m0/s1. The first-order valence-corrected chi connectivity index (χ1v) is 8.99. The molecule has 1 N–H and O–H groups in total. The van der Waals surface area contributed by atoms with Crippen LogP contribution in [0.1, 0.15) is 37.3 Å². The van der Waals surface area contributed by atoms with Crippen LogP contribution in [0.4, 0.5) is 0 Å². The van der Waals surface area contributed by atoms with E-state index in [4.69, 9.17) is 4.74 Å². The zero-order valence-corrected chi connectivity index (χ0v) is 14.1. The maximum absolute atomic E-state index is 13.0. The van der Waals surface area contributed by atoms with E-state index in [1.807, 2.05) is 30.3 Å². The van der Waals surface area contributed by atoms with E-state index in [1.165, 1.54) is 6.33 Å². The number of nitrogens with one attached hydrogen (secondary N) is 1. The number of rotatable bonds is 5. The first kappa shape index (κ1) is 16.2. The van der Waals surface area contributed by atoms with Crippen LogP contribution in [0.2, 0.25) is 0 Å². The number of amides is 1. The molecule has 132 valence electrons. The van der Waals surface area contributed by atoms with Crippen LogP contribution in [0, 0.1) is 5.92 Å². The van der Waals surface area contributed by atoms with Crippen LogP contribution >= 0.6 is 0 Å². The van der Waals surface area contributed by atoms with E-state index in [1.54, 1.807) is 4.68 Å². The number of hydrogen-bond acceptors (Lipinski definition) is 5. The van der Waals surface area contributed by atoms with Crippen molar-refractivity contribution in [3.8, 4) is 0 Å². The van der Waals surface area contributed by atoms with Crippen molar-refractivity contribution < 1.29 is 9.53 Å². The number of hydrogen-bond donors (Lipinski definition) is 1. The van der Waals surface area contributed by atoms with Gasteiger partial charge in [-0.25, -0.2) is 4.68 Å². The van der Waals surface area contributed by atoms with Crippen LogP contribution < -0.4 is 5.32 Å². The molecule has 0 bridgehead atoms. The first-order valence-electron chi connectivity index (χ1n) is 8.99. The molecule has 1 aliphatic heterocycles. The Morgan fingerprint density at radius 1 is 1.28 bits per heavy atom. The summed E-state index contributed by atoms with van der Waals surface area (Å²) in [6.07, 6.45) is 6.63. The van der Waals surface area contributed by atoms with Crippen LogP contribution in [0.3, 0.4) is 0 Å². The van der Waals surface area contributed by atoms with E-state index in [-0.39, 0.29) is 11.9 Å². The van der Waals surface area contributed by atoms with E-state index in [2.05, 4.69) is 20.8 Å². The highest BCUT2D eigenvalue weighted by atomic mass is 16.5. The fraction of sp³-hybridized carbons (Fsp3) is 0.556. The molecule has 2 heterocycles. The largest absolute Gasteiger partial charge is 0.378 e. The Balaban J connectivity index is 1.49. The minimum atomic E-state index is -0.444. The predicted molar refractivity (Wildman–Crippen MR) is 90.6 cm³/mol. The molecule has 7 nitrogen and oxygen atoms in total. The summed E-state index contributed by atoms with van der Waals surface area (Å²) in [5.74, 6) is 0.414. The minimum Gasteiger partial charge on any atom is -0.378 e. The Kier molecular flexibility index (Phi) is 4.74. The quantitative estimate of drug-likeness (QED) is 0.892. The summed E-state index contributed by atoms with van der Waals surface area (Å²) in [5, 5.41) is 14.6. The van der Waals surface area contributed by atoms with Crippen molar-refractivity contribution in [1.82, 2.24) is 25.5 Å². The van der Waals surface area contributed by atoms with E-state index < -0.39 is 6.04 Å². The lowest BCUT2D eigenvalue weighted by Crippen LogP contribution is -2.48. The van der Waals surface area contributed by atoms with Gasteiger partial charge in [0, 0.05) is 25.0 Å². The van der Waals surface area contributed by atoms with Crippen molar-refractivity contribution in [1.29, 1.82) is 0 Å². The molecule has 1 aromatic carbocycles. The van der Waals surface area contributed by atoms with Gasteiger partial charge in [0.05, 0.1) is 6.10 Å². The number of nitrogens with zero attached hydrogens (tertiary/aromatic N) is 4. The molecule has 1 aliphatic carbocycles. The van der Waals surface area contributed by atoms with Crippen molar-refractivity contribution in [3.05, 3.63) is 42.2 Å². The third-order valence-corrected chi connectivity index (χ3v) is 5.37. The Bertz CT molecular complexity index is 691. The minimum absolute atomic E-state index is 0.0197. The summed E-state index contributed by atoms with van der Waals surface area (Å²) >= 11 is 0. The molecule has 0 radical (unpaired) electrons. The molecule has 2 fully saturated rings. The van der Waals surface area contributed by atoms with Gasteiger partial charge in [0.1, 0.15) is 12.4 Å². The fourth-order valence-electron chi connectivity index (χ4n) is 4.09. The van der Waals surface area contributed by atoms with E-state index >= 15 is 0 Å². The van der Waals surface area contributed by atoms with Gasteiger partial charge in [-0.2, -0.15) is 0 Å². The van der Waals surface area contributed by atoms with Gasteiger partial charge in [0.15, 0.2) is 0 Å². The summed E-state index contributed by atoms with van der Waals surface area (Å²) in [6.45, 7) is 0.808. The van der Waals surface area contributed by atoms with Crippen LogP contribution in [-0.2, 0) is 16.0 Å². The molecule has 0 spiro atoms. The third kappa shape index (κ3) is 3.56. The van der Waals surface area contributed by atoms with Crippen molar-refractivity contribution in [2.24, 2.45) is 5.92 Å². The smallest absolute Gasteiger partial charge is 0.245 e. The molecule has 4 atom stereocenters. The van der Waals surface area contributed by atoms with Crippen molar-refractivity contribution in [2.75, 3.05) is 6.61 Å². The molecular formula is C18H23N5O2. The molecule has 1 saturated carbocycles. The molecule has 2 aliphatic rings. The second kappa shape index (κ2) is 7.31. The summed E-state index contributed by atoms with van der Waals surface area (Å²) in [5.41, 5.74) is 1.09. The molecule has 4 rings (SSSR count). The molecule has 1 aromatic heterocycles. The number of tetrazole rings is 1. The Morgan fingerprint density at radius 3 is 2.96 bits per heavy atom. The van der Waals surface area contributed by atoms with Crippen LogP contribution in [0.5, 0.6) is 0 Å². The predicted octanol–water partition coefficient (Wildman–Crippen LogP) is 1.53. The summed E-state index contributed by atoms with van der Waals surface area (Å²) in [7, 11) is 0. The van der Waals surface area contributed by atoms with Gasteiger partial charge in [-0.05, 0) is 41.7 Å². The number of carbonyl (C=O) groups is 1. The van der Waals surface area contributed by atoms with Gasteiger partial charge < -0.3 is 10.1 Å². The van der Waals surface area contributed by atoms with Crippen LogP contribution in [0.15, 0.2) is 36.7 Å².